The molecule has 1 aliphatic carbocycles. The second kappa shape index (κ2) is 14.8. The number of carbonyl (C=O) groups is 5. The lowest BCUT2D eigenvalue weighted by molar-refractivity contribution is -0.00134. The quantitative estimate of drug-likeness (QED) is 0.0836. The van der Waals surface area contributed by atoms with E-state index < -0.39 is 24.0 Å². The zero-order valence-electron chi connectivity index (χ0n) is 27.9. The average molecular weight is 698 g/mol. The van der Waals surface area contributed by atoms with Crippen LogP contribution in [0.1, 0.15) is 74.6 Å². The fourth-order valence-corrected chi connectivity index (χ4v) is 5.88. The van der Waals surface area contributed by atoms with Crippen LogP contribution in [0.15, 0.2) is 146 Å². The van der Waals surface area contributed by atoms with Gasteiger partial charge in [-0.3, -0.25) is 9.59 Å². The Hall–Kier alpha value is -7.44. The number of rotatable bonds is 9. The molecule has 6 aromatic rings. The number of ether oxygens (including phenoxy) is 3. The van der Waals surface area contributed by atoms with E-state index in [0.29, 0.717) is 22.4 Å². The van der Waals surface area contributed by atoms with E-state index in [1.165, 1.54) is 42.5 Å². The van der Waals surface area contributed by atoms with Crippen molar-refractivity contribution in [3.8, 4) is 16.9 Å². The van der Waals surface area contributed by atoms with E-state index in [4.69, 9.17) is 20.8 Å². The van der Waals surface area contributed by atoms with Crippen molar-refractivity contribution in [1.82, 2.24) is 0 Å². The van der Waals surface area contributed by atoms with E-state index in [1.54, 1.807) is 84.9 Å². The maximum Gasteiger partial charge on any atom is 0.343 e. The molecule has 0 aliphatic heterocycles. The number of carbonyl (C=O) groups excluding carboxylic acids is 5. The van der Waals surface area contributed by atoms with Crippen molar-refractivity contribution in [1.29, 1.82) is 0 Å². The van der Waals surface area contributed by atoms with Crippen LogP contribution in [0.5, 0.6) is 5.75 Å². The smallest absolute Gasteiger partial charge is 0.343 e. The number of fused-ring (bicyclic) bond motifs is 2. The monoisotopic (exact) mass is 697 g/mol. The van der Waals surface area contributed by atoms with Crippen LogP contribution in [0, 0.1) is 6.57 Å². The minimum Gasteiger partial charge on any atom is -0.458 e. The highest BCUT2D eigenvalue weighted by atomic mass is 16.6. The molecule has 0 bridgehead atoms. The van der Waals surface area contributed by atoms with Gasteiger partial charge in [-0.05, 0) is 71.3 Å². The molecule has 0 heterocycles. The third kappa shape index (κ3) is 7.24. The molecule has 9 heteroatoms. The van der Waals surface area contributed by atoms with E-state index in [9.17, 15) is 24.0 Å². The van der Waals surface area contributed by atoms with Crippen LogP contribution in [0.3, 0.4) is 0 Å². The molecule has 7 rings (SSSR count). The zero-order chi connectivity index (χ0) is 36.9. The Morgan fingerprint density at radius 2 is 1.08 bits per heavy atom. The molecule has 256 valence electrons. The molecule has 0 saturated heterocycles. The van der Waals surface area contributed by atoms with Gasteiger partial charge in [0.15, 0.2) is 23.4 Å². The summed E-state index contributed by atoms with van der Waals surface area (Å²) in [6, 6.07) is 39.4. The standard InChI is InChI=1S/C44H27NO8/c1-45-33-20-15-28(16-21-33)27-11-13-31(14-12-27)43(49)53-39(29-7-3-2-4-8-29)26-51-42(48)30-17-22-34(23-18-30)52-44(50)32-19-24-37-38(25-32)41(47)36-10-6-5-9-35(36)40(37)46/h2-25,39H,26H2. The predicted octanol–water partition coefficient (Wildman–Crippen LogP) is 8.65. The lowest BCUT2D eigenvalue weighted by atomic mass is 9.83. The van der Waals surface area contributed by atoms with Gasteiger partial charge >= 0.3 is 17.9 Å². The number of esters is 3. The highest BCUT2D eigenvalue weighted by molar-refractivity contribution is 6.28. The first-order valence-corrected chi connectivity index (χ1v) is 16.4. The third-order valence-corrected chi connectivity index (χ3v) is 8.70. The summed E-state index contributed by atoms with van der Waals surface area (Å²) in [7, 11) is 0. The van der Waals surface area contributed by atoms with Crippen LogP contribution >= 0.6 is 0 Å². The van der Waals surface area contributed by atoms with E-state index >= 15 is 0 Å². The van der Waals surface area contributed by atoms with Crippen molar-refractivity contribution in [3.05, 3.63) is 202 Å². The Labute approximate surface area is 303 Å². The molecule has 9 nitrogen and oxygen atoms in total. The van der Waals surface area contributed by atoms with Crippen LogP contribution in [0.2, 0.25) is 0 Å². The average Bonchev–Trinajstić information content (AvgIpc) is 3.21. The van der Waals surface area contributed by atoms with Gasteiger partial charge < -0.3 is 14.2 Å². The summed E-state index contributed by atoms with van der Waals surface area (Å²) in [5, 5.41) is 0. The number of ketones is 2. The molecule has 6 aromatic carbocycles. The predicted molar refractivity (Wildman–Crippen MR) is 194 cm³/mol. The third-order valence-electron chi connectivity index (χ3n) is 8.70. The van der Waals surface area contributed by atoms with Gasteiger partial charge in [0.2, 0.25) is 0 Å². The number of benzene rings is 6. The van der Waals surface area contributed by atoms with Crippen LogP contribution in [0.4, 0.5) is 5.69 Å². The van der Waals surface area contributed by atoms with Crippen LogP contribution < -0.4 is 4.74 Å². The lowest BCUT2D eigenvalue weighted by Crippen LogP contribution is -2.22. The normalized spacial score (nSPS) is 12.1. The molecule has 0 spiro atoms. The van der Waals surface area contributed by atoms with Gasteiger partial charge in [-0.2, -0.15) is 0 Å². The Kier molecular flexibility index (Phi) is 9.51. The van der Waals surface area contributed by atoms with Crippen LogP contribution in [0.25, 0.3) is 16.0 Å². The van der Waals surface area contributed by atoms with Gasteiger partial charge in [0.25, 0.3) is 0 Å². The minimum absolute atomic E-state index is 0.0810. The van der Waals surface area contributed by atoms with Crippen molar-refractivity contribution in [2.45, 2.75) is 6.10 Å². The first kappa shape index (κ1) is 34.0. The van der Waals surface area contributed by atoms with E-state index in [2.05, 4.69) is 4.85 Å². The first-order valence-electron chi connectivity index (χ1n) is 16.4. The van der Waals surface area contributed by atoms with E-state index in [-0.39, 0.29) is 51.7 Å². The summed E-state index contributed by atoms with van der Waals surface area (Å²) < 4.78 is 16.9. The molecular formula is C44H27NO8. The SMILES string of the molecule is [C-]#[N+]c1ccc(-c2ccc(C(=O)OC(COC(=O)c3ccc(OC(=O)c4ccc5c(c4)C(=O)c4ccccc4C5=O)cc3)c3ccccc3)cc2)cc1. The molecule has 0 N–H and O–H groups in total. The van der Waals surface area contributed by atoms with E-state index in [1.807, 2.05) is 18.2 Å². The summed E-state index contributed by atoms with van der Waals surface area (Å²) in [6.45, 7) is 6.86. The Morgan fingerprint density at radius 3 is 1.72 bits per heavy atom. The Bertz CT molecular complexity index is 2430. The van der Waals surface area contributed by atoms with Gasteiger partial charge in [0.1, 0.15) is 12.4 Å². The molecule has 1 atom stereocenters. The molecule has 0 fully saturated rings. The van der Waals surface area contributed by atoms with Crippen molar-refractivity contribution in [2.75, 3.05) is 6.61 Å². The van der Waals surface area contributed by atoms with Gasteiger partial charge in [0.05, 0.1) is 23.3 Å². The maximum atomic E-state index is 13.2. The molecule has 53 heavy (non-hydrogen) atoms. The van der Waals surface area contributed by atoms with E-state index in [0.717, 1.165) is 11.1 Å². The molecule has 0 saturated carbocycles. The summed E-state index contributed by atoms with van der Waals surface area (Å²) in [6.07, 6.45) is -0.902. The van der Waals surface area contributed by atoms with Crippen LogP contribution in [-0.4, -0.2) is 36.1 Å². The molecule has 0 aromatic heterocycles. The summed E-state index contributed by atoms with van der Waals surface area (Å²) >= 11 is 0. The van der Waals surface area contributed by atoms with Gasteiger partial charge in [-0.25, -0.2) is 19.2 Å². The van der Waals surface area contributed by atoms with Gasteiger partial charge in [-0.15, -0.1) is 0 Å². The van der Waals surface area contributed by atoms with Crippen molar-refractivity contribution in [3.63, 3.8) is 0 Å². The first-order chi connectivity index (χ1) is 25.8. The topological polar surface area (TPSA) is 117 Å². The van der Waals surface area contributed by atoms with Gasteiger partial charge in [0, 0.05) is 22.3 Å². The molecule has 1 aliphatic rings. The zero-order valence-corrected chi connectivity index (χ0v) is 27.9. The Balaban J connectivity index is 0.982. The van der Waals surface area contributed by atoms with Gasteiger partial charge in [-0.1, -0.05) is 91.0 Å². The summed E-state index contributed by atoms with van der Waals surface area (Å²) in [5.41, 5.74) is 4.42. The summed E-state index contributed by atoms with van der Waals surface area (Å²) in [5.74, 6) is -2.55. The minimum atomic E-state index is -0.902. The summed E-state index contributed by atoms with van der Waals surface area (Å²) in [4.78, 5) is 68.6. The molecule has 1 unspecified atom stereocenters. The van der Waals surface area contributed by atoms with Crippen molar-refractivity contribution >= 4 is 35.2 Å². The maximum absolute atomic E-state index is 13.2. The van der Waals surface area contributed by atoms with Crippen LogP contribution in [-0.2, 0) is 9.47 Å². The number of hydrogen-bond donors (Lipinski definition) is 0. The van der Waals surface area contributed by atoms with Crippen molar-refractivity contribution in [2.24, 2.45) is 0 Å². The highest BCUT2D eigenvalue weighted by Gasteiger charge is 2.30. The second-order valence-corrected chi connectivity index (χ2v) is 12.0. The number of nitrogens with zero attached hydrogens (tertiary/aromatic N) is 1. The highest BCUT2D eigenvalue weighted by Crippen LogP contribution is 2.29. The number of hydrogen-bond acceptors (Lipinski definition) is 8. The Morgan fingerprint density at radius 1 is 0.547 bits per heavy atom. The van der Waals surface area contributed by atoms with Crippen molar-refractivity contribution < 1.29 is 38.2 Å². The second-order valence-electron chi connectivity index (χ2n) is 12.0. The lowest BCUT2D eigenvalue weighted by Gasteiger charge is -2.19. The molecule has 0 radical (unpaired) electrons. The fourth-order valence-electron chi connectivity index (χ4n) is 5.88. The largest absolute Gasteiger partial charge is 0.458 e. The fraction of sp³-hybridized carbons (Fsp3) is 0.0455. The molecular weight excluding hydrogens is 670 g/mol. The molecule has 0 amide bonds.